The Morgan fingerprint density at radius 3 is 2.79 bits per heavy atom. The number of imidazole rings is 1. The van der Waals surface area contributed by atoms with E-state index >= 15 is 0 Å². The Labute approximate surface area is 166 Å². The van der Waals surface area contributed by atoms with Crippen LogP contribution in [0.5, 0.6) is 0 Å². The zero-order valence-corrected chi connectivity index (χ0v) is 16.2. The Balaban J connectivity index is 1.57. The summed E-state index contributed by atoms with van der Waals surface area (Å²) in [5, 5.41) is 4.80. The van der Waals surface area contributed by atoms with Gasteiger partial charge >= 0.3 is 0 Å². The molecule has 1 aromatic carbocycles. The maximum Gasteiger partial charge on any atom is 0.245 e. The molecule has 6 nitrogen and oxygen atoms in total. The molecule has 1 aliphatic rings. The second-order valence-corrected chi connectivity index (χ2v) is 7.77. The van der Waals surface area contributed by atoms with E-state index in [1.807, 2.05) is 11.6 Å². The molecule has 1 N–H and O–H groups in total. The van der Waals surface area contributed by atoms with Gasteiger partial charge in [0, 0.05) is 30.1 Å². The van der Waals surface area contributed by atoms with Crippen LogP contribution in [-0.2, 0) is 9.59 Å². The van der Waals surface area contributed by atoms with Crippen molar-refractivity contribution in [1.29, 1.82) is 0 Å². The van der Waals surface area contributed by atoms with E-state index in [0.717, 1.165) is 36.2 Å². The number of amides is 2. The Bertz CT molecular complexity index is 995. The number of anilines is 1. The minimum atomic E-state index is -0.328. The second kappa shape index (κ2) is 8.10. The number of aromatic nitrogens is 2. The SMILES string of the molecule is O=C(CN1CCCCCCC1=O)Nc1c(-c2ccc(F)cc2)nc2sccn12. The highest BCUT2D eigenvalue weighted by molar-refractivity contribution is 7.15. The fourth-order valence-electron chi connectivity index (χ4n) is 3.44. The number of benzene rings is 1. The lowest BCUT2D eigenvalue weighted by molar-refractivity contribution is -0.135. The molecule has 0 atom stereocenters. The zero-order chi connectivity index (χ0) is 19.5. The van der Waals surface area contributed by atoms with E-state index in [4.69, 9.17) is 0 Å². The molecule has 2 aromatic heterocycles. The van der Waals surface area contributed by atoms with E-state index < -0.39 is 0 Å². The first-order chi connectivity index (χ1) is 13.6. The number of fused-ring (bicyclic) bond motifs is 1. The van der Waals surface area contributed by atoms with E-state index in [-0.39, 0.29) is 24.2 Å². The van der Waals surface area contributed by atoms with Crippen molar-refractivity contribution < 1.29 is 14.0 Å². The summed E-state index contributed by atoms with van der Waals surface area (Å²) in [6, 6.07) is 6.01. The van der Waals surface area contributed by atoms with Gasteiger partial charge in [-0.15, -0.1) is 11.3 Å². The summed E-state index contributed by atoms with van der Waals surface area (Å²) in [4.78, 5) is 32.0. The van der Waals surface area contributed by atoms with Gasteiger partial charge < -0.3 is 10.2 Å². The predicted molar refractivity (Wildman–Crippen MR) is 107 cm³/mol. The predicted octanol–water partition coefficient (Wildman–Crippen LogP) is 3.93. The molecule has 146 valence electrons. The molecule has 28 heavy (non-hydrogen) atoms. The fourth-order valence-corrected chi connectivity index (χ4v) is 4.16. The fraction of sp³-hybridized carbons (Fsp3) is 0.350. The van der Waals surface area contributed by atoms with Crippen molar-refractivity contribution in [3.8, 4) is 11.3 Å². The van der Waals surface area contributed by atoms with Gasteiger partial charge in [-0.3, -0.25) is 14.0 Å². The van der Waals surface area contributed by atoms with Crippen LogP contribution in [0.1, 0.15) is 32.1 Å². The summed E-state index contributed by atoms with van der Waals surface area (Å²) in [5.74, 6) is -0.0221. The van der Waals surface area contributed by atoms with Gasteiger partial charge in [0.15, 0.2) is 4.96 Å². The number of nitrogens with zero attached hydrogens (tertiary/aromatic N) is 3. The van der Waals surface area contributed by atoms with Crippen molar-refractivity contribution in [2.24, 2.45) is 0 Å². The first kappa shape index (κ1) is 18.6. The van der Waals surface area contributed by atoms with Crippen LogP contribution in [0, 0.1) is 5.82 Å². The van der Waals surface area contributed by atoms with Gasteiger partial charge in [-0.05, 0) is 37.1 Å². The van der Waals surface area contributed by atoms with Gasteiger partial charge in [-0.2, -0.15) is 0 Å². The molecular formula is C20H21FN4O2S. The normalized spacial score (nSPS) is 15.5. The molecule has 0 bridgehead atoms. The Morgan fingerprint density at radius 1 is 1.18 bits per heavy atom. The van der Waals surface area contributed by atoms with Gasteiger partial charge in [0.2, 0.25) is 11.8 Å². The number of hydrogen-bond acceptors (Lipinski definition) is 4. The first-order valence-corrected chi connectivity index (χ1v) is 10.3. The number of rotatable bonds is 4. The molecule has 8 heteroatoms. The van der Waals surface area contributed by atoms with E-state index in [2.05, 4.69) is 10.3 Å². The molecule has 0 unspecified atom stereocenters. The highest BCUT2D eigenvalue weighted by Gasteiger charge is 2.21. The van der Waals surface area contributed by atoms with Crippen LogP contribution in [0.3, 0.4) is 0 Å². The van der Waals surface area contributed by atoms with Crippen molar-refractivity contribution in [2.45, 2.75) is 32.1 Å². The number of likely N-dealkylation sites (tertiary alicyclic amines) is 1. The first-order valence-electron chi connectivity index (χ1n) is 9.41. The topological polar surface area (TPSA) is 66.7 Å². The summed E-state index contributed by atoms with van der Waals surface area (Å²) in [5.41, 5.74) is 1.30. The molecule has 2 amide bonds. The molecular weight excluding hydrogens is 379 g/mol. The molecule has 4 rings (SSSR count). The Kier molecular flexibility index (Phi) is 5.38. The number of nitrogens with one attached hydrogen (secondary N) is 1. The van der Waals surface area contributed by atoms with E-state index in [1.54, 1.807) is 21.4 Å². The van der Waals surface area contributed by atoms with Crippen molar-refractivity contribution in [3.05, 3.63) is 41.7 Å². The van der Waals surface area contributed by atoms with Crippen LogP contribution in [0.4, 0.5) is 10.2 Å². The lowest BCUT2D eigenvalue weighted by Crippen LogP contribution is -2.39. The van der Waals surface area contributed by atoms with Gasteiger partial charge in [0.05, 0.1) is 6.54 Å². The molecule has 0 radical (unpaired) electrons. The monoisotopic (exact) mass is 400 g/mol. The lowest BCUT2D eigenvalue weighted by atomic mass is 10.1. The third-order valence-electron chi connectivity index (χ3n) is 4.89. The summed E-state index contributed by atoms with van der Waals surface area (Å²) in [7, 11) is 0. The second-order valence-electron chi connectivity index (χ2n) is 6.90. The minimum Gasteiger partial charge on any atom is -0.333 e. The molecule has 1 aliphatic heterocycles. The van der Waals surface area contributed by atoms with Crippen LogP contribution in [0.15, 0.2) is 35.8 Å². The number of carbonyl (C=O) groups is 2. The highest BCUT2D eigenvalue weighted by atomic mass is 32.1. The maximum atomic E-state index is 13.3. The van der Waals surface area contributed by atoms with E-state index in [0.29, 0.717) is 24.5 Å². The molecule has 1 fully saturated rings. The number of thiazole rings is 1. The standard InChI is InChI=1S/C20H21FN4O2S/c21-15-8-6-14(7-9-15)18-19(25-11-12-28-20(25)23-18)22-16(26)13-24-10-4-2-1-3-5-17(24)27/h6-9,11-12H,1-5,10,13H2,(H,22,26). The Morgan fingerprint density at radius 2 is 1.96 bits per heavy atom. The zero-order valence-electron chi connectivity index (χ0n) is 15.4. The van der Waals surface area contributed by atoms with E-state index in [9.17, 15) is 14.0 Å². The minimum absolute atomic E-state index is 0.0268. The van der Waals surface area contributed by atoms with Crippen molar-refractivity contribution in [2.75, 3.05) is 18.4 Å². The van der Waals surface area contributed by atoms with Gasteiger partial charge in [-0.25, -0.2) is 9.37 Å². The van der Waals surface area contributed by atoms with Gasteiger partial charge in [0.25, 0.3) is 0 Å². The summed E-state index contributed by atoms with van der Waals surface area (Å²) < 4.78 is 15.1. The van der Waals surface area contributed by atoms with Crippen molar-refractivity contribution in [1.82, 2.24) is 14.3 Å². The van der Waals surface area contributed by atoms with Gasteiger partial charge in [0.1, 0.15) is 17.3 Å². The molecule has 0 aliphatic carbocycles. The number of carbonyl (C=O) groups excluding carboxylic acids is 2. The number of hydrogen-bond donors (Lipinski definition) is 1. The van der Waals surface area contributed by atoms with Gasteiger partial charge in [-0.1, -0.05) is 12.8 Å². The third kappa shape index (κ3) is 3.91. The quantitative estimate of drug-likeness (QED) is 0.722. The third-order valence-corrected chi connectivity index (χ3v) is 5.65. The number of halogens is 1. The summed E-state index contributed by atoms with van der Waals surface area (Å²) >= 11 is 1.45. The average molecular weight is 400 g/mol. The summed E-state index contributed by atoms with van der Waals surface area (Å²) in [6.45, 7) is 0.635. The molecule has 0 saturated carbocycles. The van der Waals surface area contributed by atoms with Crippen LogP contribution in [0.25, 0.3) is 16.2 Å². The molecule has 3 aromatic rings. The molecule has 0 spiro atoms. The van der Waals surface area contributed by atoms with Crippen LogP contribution in [-0.4, -0.2) is 39.2 Å². The van der Waals surface area contributed by atoms with E-state index in [1.165, 1.54) is 23.5 Å². The smallest absolute Gasteiger partial charge is 0.245 e. The van der Waals surface area contributed by atoms with Crippen LogP contribution >= 0.6 is 11.3 Å². The van der Waals surface area contributed by atoms with Crippen molar-refractivity contribution >= 4 is 33.9 Å². The maximum absolute atomic E-state index is 13.3. The van der Waals surface area contributed by atoms with Crippen molar-refractivity contribution in [3.63, 3.8) is 0 Å². The lowest BCUT2D eigenvalue weighted by Gasteiger charge is -2.24. The summed E-state index contributed by atoms with van der Waals surface area (Å²) in [6.07, 6.45) is 6.27. The molecule has 1 saturated heterocycles. The largest absolute Gasteiger partial charge is 0.333 e. The molecule has 3 heterocycles. The Hall–Kier alpha value is -2.74. The average Bonchev–Trinajstić information content (AvgIpc) is 3.25. The van der Waals surface area contributed by atoms with Crippen LogP contribution in [0.2, 0.25) is 0 Å². The van der Waals surface area contributed by atoms with Crippen LogP contribution < -0.4 is 5.32 Å². The highest BCUT2D eigenvalue weighted by Crippen LogP contribution is 2.30.